The fraction of sp³-hybridized carbons (Fsp3) is 0.462. The summed E-state index contributed by atoms with van der Waals surface area (Å²) in [6, 6.07) is 23.1. The number of amidine groups is 1. The fourth-order valence-corrected chi connectivity index (χ4v) is 10.9. The molecule has 8 rings (SSSR count). The van der Waals surface area contributed by atoms with Crippen LogP contribution in [0.15, 0.2) is 77.9 Å². The van der Waals surface area contributed by atoms with Crippen molar-refractivity contribution >= 4 is 45.6 Å². The number of fused-ring (bicyclic) bond motifs is 3. The van der Waals surface area contributed by atoms with Crippen LogP contribution < -0.4 is 15.8 Å². The summed E-state index contributed by atoms with van der Waals surface area (Å²) < 4.78 is 2.56. The number of hydrogen-bond donors (Lipinski definition) is 2. The number of quaternary nitrogens is 1. The summed E-state index contributed by atoms with van der Waals surface area (Å²) >= 11 is 12.5. The molecule has 47 heavy (non-hydrogen) atoms. The van der Waals surface area contributed by atoms with Gasteiger partial charge >= 0.3 is 0 Å². The Kier molecular flexibility index (Phi) is 8.30. The van der Waals surface area contributed by atoms with Gasteiger partial charge < -0.3 is 5.73 Å². The molecule has 4 aliphatic rings. The highest BCUT2D eigenvalue weighted by Gasteiger charge is 2.75. The predicted octanol–water partition coefficient (Wildman–Crippen LogP) is 8.28. The first kappa shape index (κ1) is 32.4. The maximum atomic E-state index is 13.7. The zero-order valence-electron chi connectivity index (χ0n) is 27.7. The molecule has 0 radical (unpaired) electrons. The Labute approximate surface area is 288 Å². The van der Waals surface area contributed by atoms with Crippen LogP contribution in [0.4, 0.5) is 5.69 Å². The van der Waals surface area contributed by atoms with Crippen molar-refractivity contribution < 1.29 is 0 Å². The average Bonchev–Trinajstić information content (AvgIpc) is 3.05. The molecule has 4 fully saturated rings. The predicted molar refractivity (Wildman–Crippen MR) is 194 cm³/mol. The van der Waals surface area contributed by atoms with Gasteiger partial charge in [0.25, 0.3) is 5.56 Å². The highest BCUT2D eigenvalue weighted by atomic mass is 35.5. The molecule has 3 aliphatic carbocycles. The van der Waals surface area contributed by atoms with Crippen molar-refractivity contribution in [2.24, 2.45) is 34.3 Å². The molecule has 3 saturated carbocycles. The number of piperidine rings is 1. The molecule has 1 aliphatic heterocycles. The first-order valence-electron chi connectivity index (χ1n) is 17.2. The Morgan fingerprint density at radius 1 is 1.04 bits per heavy atom. The third-order valence-electron chi connectivity index (χ3n) is 12.8. The highest BCUT2D eigenvalue weighted by molar-refractivity contribution is 6.35. The van der Waals surface area contributed by atoms with Gasteiger partial charge in [-0.2, -0.15) is 0 Å². The Balaban J connectivity index is 1.29. The molecule has 246 valence electrons. The molecule has 0 spiro atoms. The van der Waals surface area contributed by atoms with E-state index in [0.717, 1.165) is 54.3 Å². The maximum absolute atomic E-state index is 13.7. The van der Waals surface area contributed by atoms with Crippen LogP contribution in [0.25, 0.3) is 10.9 Å². The lowest BCUT2D eigenvalue weighted by atomic mass is 9.32. The number of halogens is 2. The highest BCUT2D eigenvalue weighted by Crippen LogP contribution is 2.73. The van der Waals surface area contributed by atoms with Crippen molar-refractivity contribution in [1.29, 1.82) is 5.41 Å². The largest absolute Gasteiger partial charge is 0.387 e. The van der Waals surface area contributed by atoms with E-state index in [2.05, 4.69) is 63.2 Å². The first-order valence-corrected chi connectivity index (χ1v) is 17.9. The molecule has 5 atom stereocenters. The van der Waals surface area contributed by atoms with Crippen LogP contribution in [0, 0.1) is 34.0 Å². The van der Waals surface area contributed by atoms with Crippen LogP contribution in [0.5, 0.6) is 0 Å². The normalized spacial score (nSPS) is 27.7. The maximum Gasteiger partial charge on any atom is 0.261 e. The number of benzene rings is 3. The molecule has 4 aromatic rings. The van der Waals surface area contributed by atoms with E-state index in [0.29, 0.717) is 52.1 Å². The van der Waals surface area contributed by atoms with Gasteiger partial charge in [-0.05, 0) is 79.2 Å². The third-order valence-corrected chi connectivity index (χ3v) is 13.4. The molecule has 1 aromatic heterocycles. The van der Waals surface area contributed by atoms with Gasteiger partial charge in [-0.1, -0.05) is 80.4 Å². The summed E-state index contributed by atoms with van der Waals surface area (Å²) in [7, 11) is 0. The number of nitrogens with one attached hydrogen (secondary N) is 1. The van der Waals surface area contributed by atoms with E-state index in [1.807, 2.05) is 18.2 Å². The van der Waals surface area contributed by atoms with Crippen molar-refractivity contribution in [3.05, 3.63) is 105 Å². The van der Waals surface area contributed by atoms with E-state index in [1.54, 1.807) is 17.0 Å². The van der Waals surface area contributed by atoms with E-state index in [9.17, 15) is 4.79 Å². The van der Waals surface area contributed by atoms with Gasteiger partial charge in [-0.15, -0.1) is 0 Å². The monoisotopic (exact) mass is 670 g/mol. The SMILES string of the molecule is C[C@@H]1[C@@H]([N+]2(c3ccc4c(=O)n(CCc5ccc(Cl)cc5Cl)cnc4c3)CCCCC2)C(Cc2ccccc2)[C@@H]2C[C@]1(C(=N)N)C2(C)C. The second kappa shape index (κ2) is 12.0. The summed E-state index contributed by atoms with van der Waals surface area (Å²) in [5, 5.41) is 10.8. The third kappa shape index (κ3) is 5.05. The number of hydrogen-bond acceptors (Lipinski definition) is 3. The smallest absolute Gasteiger partial charge is 0.261 e. The molecular weight excluding hydrogens is 625 g/mol. The number of rotatable bonds is 8. The summed E-state index contributed by atoms with van der Waals surface area (Å²) in [5.41, 5.74) is 10.5. The molecule has 2 heterocycles. The van der Waals surface area contributed by atoms with E-state index < -0.39 is 0 Å². The van der Waals surface area contributed by atoms with Crippen molar-refractivity contribution in [2.75, 3.05) is 13.1 Å². The summed E-state index contributed by atoms with van der Waals surface area (Å²) in [6.07, 6.45) is 7.84. The lowest BCUT2D eigenvalue weighted by Gasteiger charge is -2.74. The quantitative estimate of drug-likeness (QED) is 0.112. The van der Waals surface area contributed by atoms with Gasteiger partial charge in [0.15, 0.2) is 0 Å². The van der Waals surface area contributed by atoms with Crippen LogP contribution in [-0.4, -0.2) is 34.5 Å². The minimum Gasteiger partial charge on any atom is -0.387 e. The number of aryl methyl sites for hydroxylation is 2. The van der Waals surface area contributed by atoms with E-state index in [1.165, 1.54) is 17.7 Å². The number of likely N-dealkylation sites (tertiary alicyclic amines) is 1. The Hall–Kier alpha value is -3.19. The van der Waals surface area contributed by atoms with Crippen molar-refractivity contribution in [2.45, 2.75) is 71.9 Å². The van der Waals surface area contributed by atoms with Crippen LogP contribution in [0.2, 0.25) is 10.0 Å². The van der Waals surface area contributed by atoms with Crippen molar-refractivity contribution in [3.63, 3.8) is 0 Å². The van der Waals surface area contributed by atoms with Gasteiger partial charge in [0, 0.05) is 46.0 Å². The van der Waals surface area contributed by atoms with Crippen LogP contribution >= 0.6 is 23.2 Å². The van der Waals surface area contributed by atoms with Gasteiger partial charge in [-0.25, -0.2) is 4.98 Å². The number of aromatic nitrogens is 2. The average molecular weight is 672 g/mol. The van der Waals surface area contributed by atoms with E-state index in [-0.39, 0.29) is 22.3 Å². The van der Waals surface area contributed by atoms with Gasteiger partial charge in [0.2, 0.25) is 0 Å². The molecule has 1 saturated heterocycles. The summed E-state index contributed by atoms with van der Waals surface area (Å²) in [4.78, 5) is 18.6. The second-order valence-electron chi connectivity index (χ2n) is 15.0. The molecule has 3 aromatic carbocycles. The van der Waals surface area contributed by atoms with Crippen LogP contribution in [-0.2, 0) is 19.4 Å². The zero-order valence-corrected chi connectivity index (χ0v) is 29.2. The Morgan fingerprint density at radius 3 is 2.47 bits per heavy atom. The van der Waals surface area contributed by atoms with Gasteiger partial charge in [0.1, 0.15) is 11.7 Å². The fourth-order valence-electron chi connectivity index (χ4n) is 10.4. The van der Waals surface area contributed by atoms with E-state index in [4.69, 9.17) is 39.3 Å². The van der Waals surface area contributed by atoms with Crippen molar-refractivity contribution in [3.8, 4) is 0 Å². The minimum atomic E-state index is -0.311. The molecule has 0 amide bonds. The summed E-state index contributed by atoms with van der Waals surface area (Å²) in [5.74, 6) is 1.50. The number of nitrogens with two attached hydrogens (primary N) is 1. The van der Waals surface area contributed by atoms with Crippen LogP contribution in [0.1, 0.15) is 57.6 Å². The summed E-state index contributed by atoms with van der Waals surface area (Å²) in [6.45, 7) is 9.69. The standard InChI is InChI=1S/C39H46Cl2N5O/c1-25-35(31(20-26-10-6-4-7-11-26)32-23-39(25,37(42)43)38(32,2)3)46(18-8-5-9-19-46)29-14-15-30-34(22-29)44-24-45(36(30)47)17-16-27-12-13-28(40)21-33(27)41/h4,6-7,10-15,21-22,24-25,31-32,35H,5,8-9,16-20,23H2,1-3H3,(H3,42,43)/q+1/t25-,31?,32+,35-,39+/m1/s1. The molecular formula is C39H46Cl2N5O+. The van der Waals surface area contributed by atoms with E-state index >= 15 is 0 Å². The molecule has 6 nitrogen and oxygen atoms in total. The first-order chi connectivity index (χ1) is 22.5. The molecule has 1 unspecified atom stereocenters. The lowest BCUT2D eigenvalue weighted by molar-refractivity contribution is -0.213. The van der Waals surface area contributed by atoms with Gasteiger partial charge in [-0.3, -0.25) is 19.3 Å². The zero-order chi connectivity index (χ0) is 33.1. The minimum absolute atomic E-state index is 0.0386. The van der Waals surface area contributed by atoms with Crippen molar-refractivity contribution in [1.82, 2.24) is 14.0 Å². The second-order valence-corrected chi connectivity index (χ2v) is 15.9. The number of nitrogens with zero attached hydrogens (tertiary/aromatic N) is 3. The van der Waals surface area contributed by atoms with Gasteiger partial charge in [0.05, 0.1) is 36.2 Å². The van der Waals surface area contributed by atoms with Crippen LogP contribution in [0.3, 0.4) is 0 Å². The lowest BCUT2D eigenvalue weighted by Crippen LogP contribution is -2.79. The Morgan fingerprint density at radius 2 is 1.79 bits per heavy atom. The molecule has 3 N–H and O–H groups in total. The molecule has 2 bridgehead atoms. The topological polar surface area (TPSA) is 84.8 Å². The molecule has 8 heteroatoms. The Bertz CT molecular complexity index is 1880.